The minimum absolute atomic E-state index is 0.00921. The lowest BCUT2D eigenvalue weighted by molar-refractivity contribution is -0.127. The van der Waals surface area contributed by atoms with Gasteiger partial charge in [0.05, 0.1) is 9.81 Å². The summed E-state index contributed by atoms with van der Waals surface area (Å²) >= 11 is 2.95. The summed E-state index contributed by atoms with van der Waals surface area (Å²) in [6, 6.07) is 0. The molecule has 0 aromatic rings. The fourth-order valence-electron chi connectivity index (χ4n) is 1.82. The van der Waals surface area contributed by atoms with Crippen LogP contribution < -0.4 is 0 Å². The van der Waals surface area contributed by atoms with Crippen LogP contribution in [0, 0.1) is 5.41 Å². The summed E-state index contributed by atoms with van der Waals surface area (Å²) in [5, 5.41) is 3.82. The van der Waals surface area contributed by atoms with Crippen LogP contribution in [0.2, 0.25) is 0 Å². The average Bonchev–Trinajstić information content (AvgIpc) is 2.52. The Labute approximate surface area is 97.6 Å². The van der Waals surface area contributed by atoms with Crippen molar-refractivity contribution in [2.75, 3.05) is 0 Å². The van der Waals surface area contributed by atoms with Gasteiger partial charge in [-0.15, -0.1) is 0 Å². The Morgan fingerprint density at radius 2 is 1.53 bits per heavy atom. The number of allylic oxidation sites excluding steroid dienone is 1. The normalized spacial score (nSPS) is 25.2. The average molecular weight is 240 g/mol. The van der Waals surface area contributed by atoms with Crippen molar-refractivity contribution in [2.24, 2.45) is 5.41 Å². The van der Waals surface area contributed by atoms with Crippen molar-refractivity contribution in [3.05, 3.63) is 20.6 Å². The number of rotatable bonds is 0. The molecule has 1 aliphatic carbocycles. The second-order valence-corrected chi connectivity index (χ2v) is 6.63. The molecule has 2 rings (SSSR count). The molecule has 0 aromatic heterocycles. The quantitative estimate of drug-likeness (QED) is 0.481. The first-order chi connectivity index (χ1) is 6.99. The Bertz CT molecular complexity index is 359. The van der Waals surface area contributed by atoms with Crippen LogP contribution in [0.15, 0.2) is 20.6 Å². The summed E-state index contributed by atoms with van der Waals surface area (Å²) in [6.07, 6.45) is 0.970. The Hall–Kier alpha value is -0.480. The van der Waals surface area contributed by atoms with Crippen LogP contribution in [0.1, 0.15) is 26.7 Å². The number of carbonyl (C=O) groups is 2. The van der Waals surface area contributed by atoms with Crippen molar-refractivity contribution in [1.29, 1.82) is 0 Å². The highest BCUT2D eigenvalue weighted by Crippen LogP contribution is 2.44. The molecule has 0 atom stereocenters. The van der Waals surface area contributed by atoms with Gasteiger partial charge in [-0.1, -0.05) is 37.4 Å². The first kappa shape index (κ1) is 11.0. The molecular weight excluding hydrogens is 228 g/mol. The molecule has 0 spiro atoms. The molecule has 0 aromatic carbocycles. The Balaban J connectivity index is 2.32. The number of hydrogen-bond donors (Lipinski definition) is 0. The summed E-state index contributed by atoms with van der Waals surface area (Å²) in [5.74, 6) is 0.0184. The van der Waals surface area contributed by atoms with E-state index in [1.54, 1.807) is 0 Å². The smallest absolute Gasteiger partial charge is 0.168 e. The van der Waals surface area contributed by atoms with E-state index in [2.05, 4.69) is 0 Å². The van der Waals surface area contributed by atoms with Gasteiger partial charge in [0, 0.05) is 12.8 Å². The van der Waals surface area contributed by atoms with E-state index in [1.807, 2.05) is 24.7 Å². The molecule has 0 saturated heterocycles. The topological polar surface area (TPSA) is 34.1 Å². The molecule has 1 aliphatic heterocycles. The Kier molecular flexibility index (Phi) is 2.81. The molecule has 0 N–H and O–H groups in total. The zero-order valence-electron chi connectivity index (χ0n) is 8.70. The second kappa shape index (κ2) is 3.83. The number of Topliss-reactive ketones (excluding diaryl/α,β-unsaturated/α-hetero) is 2. The molecule has 15 heavy (non-hydrogen) atoms. The fourth-order valence-corrected chi connectivity index (χ4v) is 3.75. The summed E-state index contributed by atoms with van der Waals surface area (Å²) < 4.78 is 0.862. The van der Waals surface area contributed by atoms with E-state index in [1.165, 1.54) is 23.5 Å². The van der Waals surface area contributed by atoms with Crippen LogP contribution in [0.4, 0.5) is 0 Å². The lowest BCUT2D eigenvalue weighted by Crippen LogP contribution is -2.31. The van der Waals surface area contributed by atoms with Gasteiger partial charge in [-0.3, -0.25) is 9.59 Å². The fraction of sp³-hybridized carbons (Fsp3) is 0.455. The molecule has 80 valence electrons. The molecule has 4 heteroatoms. The summed E-state index contributed by atoms with van der Waals surface area (Å²) in [5.41, 5.74) is 0.272. The van der Waals surface area contributed by atoms with E-state index in [0.29, 0.717) is 18.4 Å². The maximum atomic E-state index is 11.9. The lowest BCUT2D eigenvalue weighted by atomic mass is 9.74. The molecule has 1 fully saturated rings. The van der Waals surface area contributed by atoms with Crippen molar-refractivity contribution in [3.63, 3.8) is 0 Å². The number of carbonyl (C=O) groups excluding carboxylic acids is 2. The van der Waals surface area contributed by atoms with E-state index in [9.17, 15) is 9.59 Å². The molecule has 0 amide bonds. The Morgan fingerprint density at radius 1 is 1.07 bits per heavy atom. The molecule has 0 unspecified atom stereocenters. The number of hydrogen-bond acceptors (Lipinski definition) is 4. The van der Waals surface area contributed by atoms with Gasteiger partial charge < -0.3 is 0 Å². The SMILES string of the molecule is CC1(C)CC(=O)C(=C2SC=CS2)C(=O)C1. The third kappa shape index (κ3) is 2.21. The van der Waals surface area contributed by atoms with Crippen molar-refractivity contribution >= 4 is 35.1 Å². The highest BCUT2D eigenvalue weighted by molar-refractivity contribution is 8.27. The first-order valence-corrected chi connectivity index (χ1v) is 6.54. The highest BCUT2D eigenvalue weighted by Gasteiger charge is 2.37. The van der Waals surface area contributed by atoms with E-state index < -0.39 is 0 Å². The predicted octanol–water partition coefficient (Wildman–Crippen LogP) is 3.11. The largest absolute Gasteiger partial charge is 0.294 e. The van der Waals surface area contributed by atoms with Crippen LogP contribution in [0.5, 0.6) is 0 Å². The van der Waals surface area contributed by atoms with Gasteiger partial charge >= 0.3 is 0 Å². The standard InChI is InChI=1S/C11H12O2S2/c1-11(2)5-7(12)9(8(13)6-11)10-14-3-4-15-10/h3-4H,5-6H2,1-2H3. The van der Waals surface area contributed by atoms with Crippen LogP contribution in [-0.2, 0) is 9.59 Å². The van der Waals surface area contributed by atoms with E-state index in [4.69, 9.17) is 0 Å². The zero-order valence-corrected chi connectivity index (χ0v) is 10.3. The molecule has 0 bridgehead atoms. The number of ketones is 2. The zero-order chi connectivity index (χ0) is 11.1. The Morgan fingerprint density at radius 3 is 2.00 bits per heavy atom. The molecular formula is C11H12O2S2. The summed E-state index contributed by atoms with van der Waals surface area (Å²) in [7, 11) is 0. The molecule has 2 nitrogen and oxygen atoms in total. The minimum atomic E-state index is -0.167. The van der Waals surface area contributed by atoms with Gasteiger partial charge in [0.1, 0.15) is 0 Å². The van der Waals surface area contributed by atoms with Gasteiger partial charge in [-0.2, -0.15) is 0 Å². The van der Waals surface area contributed by atoms with Crippen LogP contribution in [0.3, 0.4) is 0 Å². The molecule has 1 heterocycles. The van der Waals surface area contributed by atoms with Crippen LogP contribution in [-0.4, -0.2) is 11.6 Å². The van der Waals surface area contributed by atoms with Gasteiger partial charge in [-0.25, -0.2) is 0 Å². The number of thioether (sulfide) groups is 2. The molecule has 0 radical (unpaired) electrons. The third-order valence-electron chi connectivity index (χ3n) is 2.45. The summed E-state index contributed by atoms with van der Waals surface area (Å²) in [4.78, 5) is 23.7. The second-order valence-electron chi connectivity index (χ2n) is 4.53. The van der Waals surface area contributed by atoms with Crippen LogP contribution >= 0.6 is 23.5 Å². The first-order valence-electron chi connectivity index (χ1n) is 4.79. The maximum Gasteiger partial charge on any atom is 0.168 e. The third-order valence-corrected chi connectivity index (χ3v) is 4.58. The molecule has 2 aliphatic rings. The van der Waals surface area contributed by atoms with Crippen molar-refractivity contribution < 1.29 is 9.59 Å². The summed E-state index contributed by atoms with van der Waals surface area (Å²) in [6.45, 7) is 3.94. The van der Waals surface area contributed by atoms with Gasteiger partial charge in [0.15, 0.2) is 11.6 Å². The van der Waals surface area contributed by atoms with Gasteiger partial charge in [0.25, 0.3) is 0 Å². The monoisotopic (exact) mass is 240 g/mol. The van der Waals surface area contributed by atoms with E-state index in [0.717, 1.165) is 4.24 Å². The lowest BCUT2D eigenvalue weighted by Gasteiger charge is -2.28. The van der Waals surface area contributed by atoms with E-state index in [-0.39, 0.29) is 17.0 Å². The van der Waals surface area contributed by atoms with Gasteiger partial charge in [0.2, 0.25) is 0 Å². The minimum Gasteiger partial charge on any atom is -0.294 e. The van der Waals surface area contributed by atoms with E-state index >= 15 is 0 Å². The van der Waals surface area contributed by atoms with Crippen LogP contribution in [0.25, 0.3) is 0 Å². The maximum absolute atomic E-state index is 11.9. The predicted molar refractivity (Wildman–Crippen MR) is 64.4 cm³/mol. The highest BCUT2D eigenvalue weighted by atomic mass is 32.2. The van der Waals surface area contributed by atoms with Crippen molar-refractivity contribution in [3.8, 4) is 0 Å². The van der Waals surface area contributed by atoms with Crippen molar-refractivity contribution in [1.82, 2.24) is 0 Å². The van der Waals surface area contributed by atoms with Crippen molar-refractivity contribution in [2.45, 2.75) is 26.7 Å². The van der Waals surface area contributed by atoms with Gasteiger partial charge in [-0.05, 0) is 16.2 Å². The molecule has 1 saturated carbocycles.